The van der Waals surface area contributed by atoms with Gasteiger partial charge in [0.15, 0.2) is 0 Å². The van der Waals surface area contributed by atoms with Gasteiger partial charge in [-0.25, -0.2) is 4.98 Å². The quantitative estimate of drug-likeness (QED) is 0.609. The molecule has 0 atom stereocenters. The van der Waals surface area contributed by atoms with Crippen molar-refractivity contribution in [3.05, 3.63) is 57.3 Å². The van der Waals surface area contributed by atoms with Gasteiger partial charge in [0.2, 0.25) is 0 Å². The Morgan fingerprint density at radius 1 is 1.05 bits per heavy atom. The highest BCUT2D eigenvalue weighted by Gasteiger charge is 2.14. The van der Waals surface area contributed by atoms with Crippen LogP contribution < -0.4 is 10.1 Å². The van der Waals surface area contributed by atoms with Gasteiger partial charge in [-0.1, -0.05) is 30.3 Å². The van der Waals surface area contributed by atoms with Crippen LogP contribution in [0.3, 0.4) is 0 Å². The second kappa shape index (κ2) is 6.12. The summed E-state index contributed by atoms with van der Waals surface area (Å²) in [5.41, 5.74) is 5.28. The number of anilines is 2. The molecule has 0 aliphatic carbocycles. The van der Waals surface area contributed by atoms with Gasteiger partial charge in [0.25, 0.3) is 0 Å². The standard InChI is InChI=1S/C18H17IN2O/c1-11-7-4-5-9-14(11)21-18-13-8-6-10-15(22-3)17(13)20-12(2)16(18)19/h4-10H,1-3H3,(H,20,21). The molecular weight excluding hydrogens is 387 g/mol. The van der Waals surface area contributed by atoms with Gasteiger partial charge in [0, 0.05) is 11.1 Å². The number of aryl methyl sites for hydroxylation is 2. The van der Waals surface area contributed by atoms with Gasteiger partial charge in [-0.15, -0.1) is 0 Å². The summed E-state index contributed by atoms with van der Waals surface area (Å²) in [6.07, 6.45) is 0. The van der Waals surface area contributed by atoms with Crippen LogP contribution in [0, 0.1) is 17.4 Å². The van der Waals surface area contributed by atoms with Crippen LogP contribution in [0.4, 0.5) is 11.4 Å². The van der Waals surface area contributed by atoms with Gasteiger partial charge in [-0.3, -0.25) is 0 Å². The molecule has 1 heterocycles. The Labute approximate surface area is 143 Å². The first-order valence-corrected chi connectivity index (χ1v) is 8.15. The summed E-state index contributed by atoms with van der Waals surface area (Å²) in [6.45, 7) is 4.13. The molecule has 3 rings (SSSR count). The molecule has 1 N–H and O–H groups in total. The van der Waals surface area contributed by atoms with Crippen molar-refractivity contribution in [2.24, 2.45) is 0 Å². The summed E-state index contributed by atoms with van der Waals surface area (Å²) < 4.78 is 6.59. The number of hydrogen-bond acceptors (Lipinski definition) is 3. The molecular formula is C18H17IN2O. The summed E-state index contributed by atoms with van der Waals surface area (Å²) in [5, 5.41) is 4.64. The first kappa shape index (κ1) is 15.1. The van der Waals surface area contributed by atoms with Crippen LogP contribution in [0.2, 0.25) is 0 Å². The highest BCUT2D eigenvalue weighted by Crippen LogP contribution is 2.36. The number of ether oxygens (including phenoxy) is 1. The number of pyridine rings is 1. The van der Waals surface area contributed by atoms with Crippen molar-refractivity contribution in [1.82, 2.24) is 4.98 Å². The zero-order chi connectivity index (χ0) is 15.7. The molecule has 3 nitrogen and oxygen atoms in total. The molecule has 0 amide bonds. The molecule has 4 heteroatoms. The summed E-state index contributed by atoms with van der Waals surface area (Å²) in [6, 6.07) is 14.3. The van der Waals surface area contributed by atoms with Crippen LogP contribution in [0.25, 0.3) is 10.9 Å². The summed E-state index contributed by atoms with van der Waals surface area (Å²) in [7, 11) is 1.68. The maximum Gasteiger partial charge on any atom is 0.145 e. The lowest BCUT2D eigenvalue weighted by Crippen LogP contribution is -2.01. The fourth-order valence-corrected chi connectivity index (χ4v) is 3.04. The van der Waals surface area contributed by atoms with E-state index in [0.717, 1.165) is 37.3 Å². The minimum absolute atomic E-state index is 0.796. The Morgan fingerprint density at radius 2 is 1.82 bits per heavy atom. The third-order valence-electron chi connectivity index (χ3n) is 3.71. The smallest absolute Gasteiger partial charge is 0.145 e. The molecule has 0 bridgehead atoms. The van der Waals surface area contributed by atoms with Gasteiger partial charge >= 0.3 is 0 Å². The fourth-order valence-electron chi connectivity index (χ4n) is 2.49. The summed E-state index contributed by atoms with van der Waals surface area (Å²) in [4.78, 5) is 4.70. The molecule has 0 saturated heterocycles. The molecule has 1 aromatic heterocycles. The minimum atomic E-state index is 0.796. The van der Waals surface area contributed by atoms with Crippen molar-refractivity contribution in [3.8, 4) is 5.75 Å². The van der Waals surface area contributed by atoms with E-state index in [-0.39, 0.29) is 0 Å². The molecule has 22 heavy (non-hydrogen) atoms. The van der Waals surface area contributed by atoms with Gasteiger partial charge in [0.05, 0.1) is 22.1 Å². The van der Waals surface area contributed by atoms with E-state index in [2.05, 4.69) is 53.0 Å². The number of rotatable bonds is 3. The summed E-state index contributed by atoms with van der Waals surface area (Å²) in [5.74, 6) is 0.796. The highest BCUT2D eigenvalue weighted by atomic mass is 127. The average molecular weight is 404 g/mol. The van der Waals surface area contributed by atoms with Crippen molar-refractivity contribution in [2.75, 3.05) is 12.4 Å². The Kier molecular flexibility index (Phi) is 4.20. The van der Waals surface area contributed by atoms with E-state index >= 15 is 0 Å². The number of benzene rings is 2. The van der Waals surface area contributed by atoms with Crippen LogP contribution in [-0.4, -0.2) is 12.1 Å². The number of methoxy groups -OCH3 is 1. The van der Waals surface area contributed by atoms with Crippen LogP contribution >= 0.6 is 22.6 Å². The van der Waals surface area contributed by atoms with E-state index < -0.39 is 0 Å². The van der Waals surface area contributed by atoms with E-state index in [0.29, 0.717) is 0 Å². The van der Waals surface area contributed by atoms with Gasteiger partial charge in [-0.05, 0) is 54.1 Å². The fraction of sp³-hybridized carbons (Fsp3) is 0.167. The zero-order valence-electron chi connectivity index (χ0n) is 12.8. The maximum absolute atomic E-state index is 5.46. The molecule has 0 aliphatic rings. The lowest BCUT2D eigenvalue weighted by Gasteiger charge is -2.16. The van der Waals surface area contributed by atoms with Crippen LogP contribution in [0.1, 0.15) is 11.3 Å². The Bertz CT molecular complexity index is 846. The SMILES string of the molecule is COc1cccc2c(Nc3ccccc3C)c(I)c(C)nc12. The number of fused-ring (bicyclic) bond motifs is 1. The van der Waals surface area contributed by atoms with Crippen LogP contribution in [0.15, 0.2) is 42.5 Å². The molecule has 0 aliphatic heterocycles. The van der Waals surface area contributed by atoms with Crippen LogP contribution in [0.5, 0.6) is 5.75 Å². The van der Waals surface area contributed by atoms with Crippen molar-refractivity contribution in [3.63, 3.8) is 0 Å². The van der Waals surface area contributed by atoms with Crippen LogP contribution in [-0.2, 0) is 0 Å². The van der Waals surface area contributed by atoms with Crippen molar-refractivity contribution in [1.29, 1.82) is 0 Å². The molecule has 2 aromatic carbocycles. The second-order valence-corrected chi connectivity index (χ2v) is 6.26. The highest BCUT2D eigenvalue weighted by molar-refractivity contribution is 14.1. The number of halogens is 1. The van der Waals surface area contributed by atoms with E-state index in [4.69, 9.17) is 9.72 Å². The largest absolute Gasteiger partial charge is 0.494 e. The number of nitrogens with one attached hydrogen (secondary N) is 1. The van der Waals surface area contributed by atoms with Gasteiger partial charge in [-0.2, -0.15) is 0 Å². The average Bonchev–Trinajstić information content (AvgIpc) is 2.53. The number of para-hydroxylation sites is 2. The molecule has 0 fully saturated rings. The minimum Gasteiger partial charge on any atom is -0.494 e. The van der Waals surface area contributed by atoms with E-state index in [1.807, 2.05) is 31.2 Å². The monoisotopic (exact) mass is 404 g/mol. The molecule has 0 spiro atoms. The molecule has 0 saturated carbocycles. The van der Waals surface area contributed by atoms with Crippen molar-refractivity contribution < 1.29 is 4.74 Å². The van der Waals surface area contributed by atoms with E-state index in [1.165, 1.54) is 5.56 Å². The predicted octanol–water partition coefficient (Wildman–Crippen LogP) is 5.21. The second-order valence-electron chi connectivity index (χ2n) is 5.18. The van der Waals surface area contributed by atoms with E-state index in [9.17, 15) is 0 Å². The lowest BCUT2D eigenvalue weighted by molar-refractivity contribution is 0.419. The maximum atomic E-state index is 5.46. The normalized spacial score (nSPS) is 10.7. The Balaban J connectivity index is 2.24. The molecule has 112 valence electrons. The Morgan fingerprint density at radius 3 is 2.55 bits per heavy atom. The first-order chi connectivity index (χ1) is 10.6. The van der Waals surface area contributed by atoms with Gasteiger partial charge < -0.3 is 10.1 Å². The van der Waals surface area contributed by atoms with Crippen molar-refractivity contribution in [2.45, 2.75) is 13.8 Å². The predicted molar refractivity (Wildman–Crippen MR) is 100 cm³/mol. The molecule has 0 unspecified atom stereocenters. The van der Waals surface area contributed by atoms with Gasteiger partial charge in [0.1, 0.15) is 11.3 Å². The first-order valence-electron chi connectivity index (χ1n) is 7.07. The topological polar surface area (TPSA) is 34.1 Å². The number of aromatic nitrogens is 1. The van der Waals surface area contributed by atoms with Crippen molar-refractivity contribution >= 4 is 44.9 Å². The lowest BCUT2D eigenvalue weighted by atomic mass is 10.1. The van der Waals surface area contributed by atoms with E-state index in [1.54, 1.807) is 7.11 Å². The third kappa shape index (κ3) is 2.63. The summed E-state index contributed by atoms with van der Waals surface area (Å²) >= 11 is 2.35. The number of hydrogen-bond donors (Lipinski definition) is 1. The third-order valence-corrected chi connectivity index (χ3v) is 5.03. The molecule has 0 radical (unpaired) electrons. The zero-order valence-corrected chi connectivity index (χ0v) is 14.9. The molecule has 3 aromatic rings. The Hall–Kier alpha value is -1.82. The number of nitrogens with zero attached hydrogens (tertiary/aromatic N) is 1.